The molecule has 0 atom stereocenters. The van der Waals surface area contributed by atoms with E-state index in [4.69, 9.17) is 25.2 Å². The SMILES string of the molecule is CCCCN(Cc1ccccc1)c1nc(NCCOCCOCCN)nc(NCCc2ccccc2)n1. The molecule has 4 N–H and O–H groups in total. The number of nitrogens with zero attached hydrogens (tertiary/aromatic N) is 4. The summed E-state index contributed by atoms with van der Waals surface area (Å²) in [5, 5.41) is 6.69. The van der Waals surface area contributed by atoms with Gasteiger partial charge in [-0.15, -0.1) is 0 Å². The molecule has 9 nitrogen and oxygen atoms in total. The highest BCUT2D eigenvalue weighted by Crippen LogP contribution is 2.18. The maximum absolute atomic E-state index is 5.63. The van der Waals surface area contributed by atoms with E-state index < -0.39 is 0 Å². The van der Waals surface area contributed by atoms with Gasteiger partial charge in [-0.3, -0.25) is 0 Å². The molecule has 0 unspecified atom stereocenters. The first-order valence-corrected chi connectivity index (χ1v) is 13.2. The molecular formula is C28H41N7O2. The normalized spacial score (nSPS) is 10.9. The third kappa shape index (κ3) is 11.1. The van der Waals surface area contributed by atoms with E-state index in [0.717, 1.165) is 38.9 Å². The summed E-state index contributed by atoms with van der Waals surface area (Å²) in [5.74, 6) is 1.76. The van der Waals surface area contributed by atoms with Crippen molar-refractivity contribution in [2.24, 2.45) is 5.73 Å². The molecule has 0 fully saturated rings. The first-order chi connectivity index (χ1) is 18.3. The summed E-state index contributed by atoms with van der Waals surface area (Å²) in [6, 6.07) is 20.8. The Bertz CT molecular complexity index is 992. The van der Waals surface area contributed by atoms with E-state index in [1.54, 1.807) is 0 Å². The third-order valence-electron chi connectivity index (χ3n) is 5.61. The minimum atomic E-state index is 0.518. The smallest absolute Gasteiger partial charge is 0.232 e. The monoisotopic (exact) mass is 507 g/mol. The quantitative estimate of drug-likeness (QED) is 0.209. The summed E-state index contributed by atoms with van der Waals surface area (Å²) in [7, 11) is 0. The van der Waals surface area contributed by atoms with E-state index in [1.807, 2.05) is 12.1 Å². The molecule has 3 rings (SSSR count). The first-order valence-electron chi connectivity index (χ1n) is 13.2. The van der Waals surface area contributed by atoms with Crippen molar-refractivity contribution in [3.63, 3.8) is 0 Å². The van der Waals surface area contributed by atoms with Gasteiger partial charge in [0.1, 0.15) is 0 Å². The minimum Gasteiger partial charge on any atom is -0.378 e. The molecule has 3 aromatic rings. The molecule has 0 saturated heterocycles. The van der Waals surface area contributed by atoms with Crippen LogP contribution in [-0.4, -0.2) is 67.6 Å². The molecule has 9 heteroatoms. The number of aromatic nitrogens is 3. The van der Waals surface area contributed by atoms with Crippen LogP contribution in [0, 0.1) is 0 Å². The highest BCUT2D eigenvalue weighted by molar-refractivity contribution is 5.44. The van der Waals surface area contributed by atoms with Gasteiger partial charge in [0.2, 0.25) is 17.8 Å². The summed E-state index contributed by atoms with van der Waals surface area (Å²) in [5.41, 5.74) is 7.91. The van der Waals surface area contributed by atoms with E-state index in [-0.39, 0.29) is 0 Å². The van der Waals surface area contributed by atoms with Crippen LogP contribution in [0.1, 0.15) is 30.9 Å². The zero-order valence-corrected chi connectivity index (χ0v) is 21.9. The Morgan fingerprint density at radius 2 is 1.38 bits per heavy atom. The molecule has 37 heavy (non-hydrogen) atoms. The number of rotatable bonds is 19. The number of benzene rings is 2. The second-order valence-electron chi connectivity index (χ2n) is 8.65. The minimum absolute atomic E-state index is 0.518. The summed E-state index contributed by atoms with van der Waals surface area (Å²) in [6.07, 6.45) is 3.03. The van der Waals surface area contributed by atoms with Crippen LogP contribution >= 0.6 is 0 Å². The van der Waals surface area contributed by atoms with Gasteiger partial charge in [-0.2, -0.15) is 15.0 Å². The fourth-order valence-corrected chi connectivity index (χ4v) is 3.67. The highest BCUT2D eigenvalue weighted by Gasteiger charge is 2.14. The molecule has 2 aromatic carbocycles. The number of ether oxygens (including phenoxy) is 2. The summed E-state index contributed by atoms with van der Waals surface area (Å²) in [6.45, 7) is 7.75. The molecule has 0 radical (unpaired) electrons. The van der Waals surface area contributed by atoms with Crippen LogP contribution in [0.5, 0.6) is 0 Å². The first kappa shape index (κ1) is 28.3. The lowest BCUT2D eigenvalue weighted by Crippen LogP contribution is -2.27. The van der Waals surface area contributed by atoms with Crippen LogP contribution < -0.4 is 21.3 Å². The molecular weight excluding hydrogens is 466 g/mol. The Morgan fingerprint density at radius 1 is 0.757 bits per heavy atom. The van der Waals surface area contributed by atoms with Crippen LogP contribution in [-0.2, 0) is 22.4 Å². The maximum atomic E-state index is 5.63. The Hall–Kier alpha value is -3.27. The van der Waals surface area contributed by atoms with Crippen molar-refractivity contribution in [2.45, 2.75) is 32.7 Å². The second kappa shape index (κ2) is 17.2. The Balaban J connectivity index is 1.67. The average molecular weight is 508 g/mol. The van der Waals surface area contributed by atoms with Crippen LogP contribution in [0.25, 0.3) is 0 Å². The van der Waals surface area contributed by atoms with Gasteiger partial charge in [-0.25, -0.2) is 0 Å². The Morgan fingerprint density at radius 3 is 2.03 bits per heavy atom. The number of unbranched alkanes of at least 4 members (excludes halogenated alkanes) is 1. The molecule has 1 heterocycles. The zero-order chi connectivity index (χ0) is 26.0. The number of anilines is 3. The number of nitrogens with two attached hydrogens (primary N) is 1. The van der Waals surface area contributed by atoms with E-state index in [1.165, 1.54) is 11.1 Å². The fraction of sp³-hybridized carbons (Fsp3) is 0.464. The van der Waals surface area contributed by atoms with Gasteiger partial charge in [0.05, 0.1) is 26.4 Å². The van der Waals surface area contributed by atoms with Crippen molar-refractivity contribution < 1.29 is 9.47 Å². The molecule has 0 aliphatic rings. The topological polar surface area (TPSA) is 110 Å². The van der Waals surface area contributed by atoms with E-state index in [9.17, 15) is 0 Å². The van der Waals surface area contributed by atoms with Gasteiger partial charge in [-0.05, 0) is 24.0 Å². The Labute approximate surface area is 220 Å². The molecule has 0 spiro atoms. The van der Waals surface area contributed by atoms with E-state index >= 15 is 0 Å². The maximum Gasteiger partial charge on any atom is 0.232 e. The predicted molar refractivity (Wildman–Crippen MR) is 150 cm³/mol. The molecule has 200 valence electrons. The highest BCUT2D eigenvalue weighted by atomic mass is 16.5. The molecule has 0 amide bonds. The molecule has 0 aliphatic heterocycles. The summed E-state index contributed by atoms with van der Waals surface area (Å²) in [4.78, 5) is 16.4. The van der Waals surface area contributed by atoms with Crippen molar-refractivity contribution >= 4 is 17.8 Å². The van der Waals surface area contributed by atoms with Gasteiger partial charge < -0.3 is 30.7 Å². The number of nitrogens with one attached hydrogen (secondary N) is 2. The van der Waals surface area contributed by atoms with Crippen molar-refractivity contribution in [1.82, 2.24) is 15.0 Å². The van der Waals surface area contributed by atoms with Crippen LogP contribution in [0.3, 0.4) is 0 Å². The lowest BCUT2D eigenvalue weighted by molar-refractivity contribution is 0.0547. The van der Waals surface area contributed by atoms with Crippen molar-refractivity contribution in [3.8, 4) is 0 Å². The zero-order valence-electron chi connectivity index (χ0n) is 21.9. The standard InChI is InChI=1S/C28H41N7O2/c1-2-3-18-35(23-25-12-8-5-9-13-25)28-33-26(30-16-14-24-10-6-4-7-11-24)32-27(34-28)31-17-20-37-22-21-36-19-15-29/h4-13H,2-3,14-23,29H2,1H3,(H2,30,31,32,33,34). The lowest BCUT2D eigenvalue weighted by atomic mass is 10.1. The molecule has 1 aromatic heterocycles. The van der Waals surface area contributed by atoms with Gasteiger partial charge in [0, 0.05) is 32.7 Å². The summed E-state index contributed by atoms with van der Waals surface area (Å²) >= 11 is 0. The van der Waals surface area contributed by atoms with Gasteiger partial charge in [0.15, 0.2) is 0 Å². The average Bonchev–Trinajstić information content (AvgIpc) is 2.93. The van der Waals surface area contributed by atoms with Gasteiger partial charge in [-0.1, -0.05) is 74.0 Å². The fourth-order valence-electron chi connectivity index (χ4n) is 3.67. The van der Waals surface area contributed by atoms with Gasteiger partial charge >= 0.3 is 0 Å². The number of hydrogen-bond acceptors (Lipinski definition) is 9. The van der Waals surface area contributed by atoms with Crippen molar-refractivity contribution in [3.05, 3.63) is 71.8 Å². The molecule has 0 saturated carbocycles. The lowest BCUT2D eigenvalue weighted by Gasteiger charge is -2.23. The van der Waals surface area contributed by atoms with Crippen LogP contribution in [0.4, 0.5) is 17.8 Å². The Kier molecular flexibility index (Phi) is 13.2. The summed E-state index contributed by atoms with van der Waals surface area (Å²) < 4.78 is 11.0. The third-order valence-corrected chi connectivity index (χ3v) is 5.61. The van der Waals surface area contributed by atoms with E-state index in [0.29, 0.717) is 57.4 Å². The van der Waals surface area contributed by atoms with E-state index in [2.05, 4.69) is 76.0 Å². The van der Waals surface area contributed by atoms with Crippen LogP contribution in [0.2, 0.25) is 0 Å². The molecule has 0 aliphatic carbocycles. The largest absolute Gasteiger partial charge is 0.378 e. The molecule has 0 bridgehead atoms. The second-order valence-corrected chi connectivity index (χ2v) is 8.65. The van der Waals surface area contributed by atoms with Gasteiger partial charge in [0.25, 0.3) is 0 Å². The van der Waals surface area contributed by atoms with Crippen molar-refractivity contribution in [2.75, 3.05) is 68.1 Å². The van der Waals surface area contributed by atoms with Crippen molar-refractivity contribution in [1.29, 1.82) is 0 Å². The number of hydrogen-bond donors (Lipinski definition) is 3. The van der Waals surface area contributed by atoms with Crippen LogP contribution in [0.15, 0.2) is 60.7 Å². The predicted octanol–water partition coefficient (Wildman–Crippen LogP) is 3.74.